The normalized spacial score (nSPS) is 11.2. The summed E-state index contributed by atoms with van der Waals surface area (Å²) in [6, 6.07) is 10.1. The van der Waals surface area contributed by atoms with Crippen molar-refractivity contribution >= 4 is 33.0 Å². The maximum atomic E-state index is 13.1. The molecule has 2 rings (SSSR count). The van der Waals surface area contributed by atoms with Crippen LogP contribution in [0.15, 0.2) is 42.5 Å². The zero-order valence-corrected chi connectivity index (χ0v) is 15.0. The van der Waals surface area contributed by atoms with Gasteiger partial charge in [0.2, 0.25) is 5.91 Å². The number of hydrogen-bond acceptors (Lipinski definition) is 4. The maximum absolute atomic E-state index is 13.1. The zero-order chi connectivity index (χ0) is 18.4. The molecule has 0 unspecified atom stereocenters. The molecule has 0 aliphatic carbocycles. The van der Waals surface area contributed by atoms with Crippen molar-refractivity contribution in [2.45, 2.75) is 12.2 Å². The predicted molar refractivity (Wildman–Crippen MR) is 95.1 cm³/mol. The summed E-state index contributed by atoms with van der Waals surface area (Å²) in [6.07, 6.45) is -0.234. The van der Waals surface area contributed by atoms with Crippen molar-refractivity contribution in [1.82, 2.24) is 0 Å². The van der Waals surface area contributed by atoms with Crippen molar-refractivity contribution in [3.05, 3.63) is 58.9 Å². The minimum Gasteiger partial charge on any atom is -0.496 e. The maximum Gasteiger partial charge on any atom is 0.225 e. The van der Waals surface area contributed by atoms with E-state index in [4.69, 9.17) is 16.3 Å². The van der Waals surface area contributed by atoms with E-state index in [9.17, 15) is 17.6 Å². The Morgan fingerprint density at radius 3 is 2.68 bits per heavy atom. The number of carbonyl (C=O) groups is 1. The van der Waals surface area contributed by atoms with Crippen molar-refractivity contribution < 1.29 is 22.3 Å². The first-order valence-corrected chi connectivity index (χ1v) is 9.57. The fraction of sp³-hybridized carbons (Fsp3) is 0.235. The van der Waals surface area contributed by atoms with Crippen LogP contribution in [0.4, 0.5) is 10.1 Å². The summed E-state index contributed by atoms with van der Waals surface area (Å²) in [5, 5.41) is 2.86. The highest BCUT2D eigenvalue weighted by Crippen LogP contribution is 2.25. The van der Waals surface area contributed by atoms with E-state index < -0.39 is 21.6 Å². The van der Waals surface area contributed by atoms with Crippen LogP contribution < -0.4 is 10.1 Å². The number of anilines is 1. The van der Waals surface area contributed by atoms with Crippen LogP contribution in [0, 0.1) is 5.82 Å². The second-order valence-corrected chi connectivity index (χ2v) is 7.98. The minimum absolute atomic E-state index is 0.234. The Balaban J connectivity index is 1.97. The molecule has 1 N–H and O–H groups in total. The van der Waals surface area contributed by atoms with Crippen molar-refractivity contribution in [1.29, 1.82) is 0 Å². The molecule has 8 heteroatoms. The van der Waals surface area contributed by atoms with E-state index in [0.29, 0.717) is 16.3 Å². The number of methoxy groups -OCH3 is 1. The third-order valence-electron chi connectivity index (χ3n) is 3.37. The Bertz CT molecular complexity index is 871. The van der Waals surface area contributed by atoms with Crippen molar-refractivity contribution in [2.24, 2.45) is 0 Å². The number of ether oxygens (including phenoxy) is 1. The summed E-state index contributed by atoms with van der Waals surface area (Å²) in [5.41, 5.74) is 0.708. The predicted octanol–water partition coefficient (Wildman–Crippen LogP) is 3.43. The smallest absolute Gasteiger partial charge is 0.225 e. The molecule has 1 amide bonds. The van der Waals surface area contributed by atoms with Gasteiger partial charge >= 0.3 is 0 Å². The SMILES string of the molecule is COc1ccc(Cl)cc1CS(=O)(=O)CCC(=O)Nc1cccc(F)c1. The quantitative estimate of drug-likeness (QED) is 0.792. The van der Waals surface area contributed by atoms with E-state index >= 15 is 0 Å². The third-order valence-corrected chi connectivity index (χ3v) is 5.18. The fourth-order valence-corrected chi connectivity index (χ4v) is 3.74. The van der Waals surface area contributed by atoms with Gasteiger partial charge in [-0.3, -0.25) is 4.79 Å². The fourth-order valence-electron chi connectivity index (χ4n) is 2.21. The summed E-state index contributed by atoms with van der Waals surface area (Å²) in [5.74, 6) is -1.21. The molecule has 0 fully saturated rings. The topological polar surface area (TPSA) is 72.5 Å². The van der Waals surface area contributed by atoms with Gasteiger partial charge < -0.3 is 10.1 Å². The molecule has 0 atom stereocenters. The molecule has 0 aliphatic heterocycles. The first-order valence-electron chi connectivity index (χ1n) is 7.37. The van der Waals surface area contributed by atoms with Gasteiger partial charge in [0.25, 0.3) is 0 Å². The van der Waals surface area contributed by atoms with Gasteiger partial charge in [-0.2, -0.15) is 0 Å². The number of sulfone groups is 1. The van der Waals surface area contributed by atoms with Crippen molar-refractivity contribution in [3.63, 3.8) is 0 Å². The molecule has 0 spiro atoms. The average molecular weight is 386 g/mol. The molecule has 0 heterocycles. The molecule has 2 aromatic carbocycles. The highest BCUT2D eigenvalue weighted by Gasteiger charge is 2.17. The Morgan fingerprint density at radius 2 is 2.00 bits per heavy atom. The molecule has 0 radical (unpaired) electrons. The molecule has 5 nitrogen and oxygen atoms in total. The lowest BCUT2D eigenvalue weighted by atomic mass is 10.2. The molecule has 0 bridgehead atoms. The molecule has 0 saturated heterocycles. The van der Waals surface area contributed by atoms with E-state index in [0.717, 1.165) is 6.07 Å². The summed E-state index contributed by atoms with van der Waals surface area (Å²) in [4.78, 5) is 11.9. The van der Waals surface area contributed by atoms with Crippen LogP contribution in [0.3, 0.4) is 0 Å². The first-order chi connectivity index (χ1) is 11.8. The molecule has 0 saturated carbocycles. The van der Waals surface area contributed by atoms with Crippen LogP contribution >= 0.6 is 11.6 Å². The van der Waals surface area contributed by atoms with E-state index in [2.05, 4.69) is 5.32 Å². The molecule has 134 valence electrons. The highest BCUT2D eigenvalue weighted by molar-refractivity contribution is 7.90. The van der Waals surface area contributed by atoms with Crippen LogP contribution in [-0.2, 0) is 20.4 Å². The van der Waals surface area contributed by atoms with E-state index in [1.54, 1.807) is 12.1 Å². The Hall–Kier alpha value is -2.12. The van der Waals surface area contributed by atoms with Gasteiger partial charge in [-0.15, -0.1) is 0 Å². The van der Waals surface area contributed by atoms with Crippen LogP contribution in [-0.4, -0.2) is 27.2 Å². The average Bonchev–Trinajstić information content (AvgIpc) is 2.53. The van der Waals surface area contributed by atoms with Crippen LogP contribution in [0.1, 0.15) is 12.0 Å². The highest BCUT2D eigenvalue weighted by atomic mass is 35.5. The summed E-state index contributed by atoms with van der Waals surface area (Å²) in [6.45, 7) is 0. The number of halogens is 2. The minimum atomic E-state index is -3.55. The Labute approximate surface area is 150 Å². The molecular weight excluding hydrogens is 369 g/mol. The second-order valence-electron chi connectivity index (χ2n) is 5.36. The largest absolute Gasteiger partial charge is 0.496 e. The van der Waals surface area contributed by atoms with E-state index in [1.165, 1.54) is 31.4 Å². The number of carbonyl (C=O) groups excluding carboxylic acids is 1. The van der Waals surface area contributed by atoms with Crippen LogP contribution in [0.5, 0.6) is 5.75 Å². The Kier molecular flexibility index (Phi) is 6.39. The van der Waals surface area contributed by atoms with Crippen LogP contribution in [0.2, 0.25) is 5.02 Å². The van der Waals surface area contributed by atoms with E-state index in [-0.39, 0.29) is 23.6 Å². The number of nitrogens with one attached hydrogen (secondary N) is 1. The monoisotopic (exact) mass is 385 g/mol. The van der Waals surface area contributed by atoms with E-state index in [1.807, 2.05) is 0 Å². The van der Waals surface area contributed by atoms with Gasteiger partial charge in [0.1, 0.15) is 11.6 Å². The first kappa shape index (κ1) is 19.2. The third kappa shape index (κ3) is 6.03. The summed E-state index contributed by atoms with van der Waals surface area (Å²) < 4.78 is 42.7. The zero-order valence-electron chi connectivity index (χ0n) is 13.5. The molecule has 25 heavy (non-hydrogen) atoms. The summed E-state index contributed by atoms with van der Waals surface area (Å²) in [7, 11) is -2.12. The van der Waals surface area contributed by atoms with Gasteiger partial charge in [0, 0.05) is 22.7 Å². The standard InChI is InChI=1S/C17H17ClFNO4S/c1-24-16-6-5-13(18)9-12(16)11-25(22,23)8-7-17(21)20-15-4-2-3-14(19)10-15/h2-6,9-10H,7-8,11H2,1H3,(H,20,21). The van der Waals surface area contributed by atoms with Gasteiger partial charge in [-0.05, 0) is 36.4 Å². The van der Waals surface area contributed by atoms with Crippen LogP contribution in [0.25, 0.3) is 0 Å². The summed E-state index contributed by atoms with van der Waals surface area (Å²) >= 11 is 5.89. The number of benzene rings is 2. The van der Waals surface area contributed by atoms with Gasteiger partial charge in [-0.1, -0.05) is 17.7 Å². The van der Waals surface area contributed by atoms with Crippen molar-refractivity contribution in [2.75, 3.05) is 18.2 Å². The molecule has 2 aromatic rings. The van der Waals surface area contributed by atoms with Crippen molar-refractivity contribution in [3.8, 4) is 5.75 Å². The number of amides is 1. The molecule has 0 aromatic heterocycles. The molecule has 0 aliphatic rings. The lowest BCUT2D eigenvalue weighted by Crippen LogP contribution is -2.18. The number of rotatable bonds is 7. The molecular formula is C17H17ClFNO4S. The van der Waals surface area contributed by atoms with Gasteiger partial charge in [-0.25, -0.2) is 12.8 Å². The number of hydrogen-bond donors (Lipinski definition) is 1. The second kappa shape index (κ2) is 8.31. The lowest BCUT2D eigenvalue weighted by molar-refractivity contribution is -0.115. The van der Waals surface area contributed by atoms with Gasteiger partial charge in [0.05, 0.1) is 18.6 Å². The lowest BCUT2D eigenvalue weighted by Gasteiger charge is -2.10. The van der Waals surface area contributed by atoms with Gasteiger partial charge in [0.15, 0.2) is 9.84 Å². The Morgan fingerprint density at radius 1 is 1.24 bits per heavy atom.